The van der Waals surface area contributed by atoms with Crippen molar-refractivity contribution in [3.05, 3.63) is 114 Å². The molecule has 1 aromatic heterocycles. The fourth-order valence-electron chi connectivity index (χ4n) is 4.27. The number of amides is 2. The van der Waals surface area contributed by atoms with E-state index in [0.29, 0.717) is 41.0 Å². The van der Waals surface area contributed by atoms with E-state index in [0.717, 1.165) is 23.4 Å². The Hall–Kier alpha value is -4.66. The number of alkyl halides is 3. The second-order valence-electron chi connectivity index (χ2n) is 10.8. The highest BCUT2D eigenvalue weighted by atomic mass is 19.4. The zero-order valence-electron chi connectivity index (χ0n) is 23.8. The minimum atomic E-state index is -4.45. The SMILES string of the molecule is Cc1ccc(C(=O)Nc2ccc(N(CCc3ccccn3)C(=O)OC(C)(C)C)cc2)c(-c2ccc(C(F)(F)F)cc2)c1. The quantitative estimate of drug-likeness (QED) is 0.241. The number of pyridine rings is 1. The van der Waals surface area contributed by atoms with Gasteiger partial charge in [0.1, 0.15) is 5.60 Å². The zero-order chi connectivity index (χ0) is 30.5. The number of anilines is 2. The molecule has 0 radical (unpaired) electrons. The Kier molecular flexibility index (Phi) is 8.99. The Bertz CT molecular complexity index is 1530. The van der Waals surface area contributed by atoms with Gasteiger partial charge in [-0.1, -0.05) is 35.9 Å². The number of nitrogens with one attached hydrogen (secondary N) is 1. The lowest BCUT2D eigenvalue weighted by molar-refractivity contribution is -0.137. The third-order valence-electron chi connectivity index (χ3n) is 6.31. The predicted octanol–water partition coefficient (Wildman–Crippen LogP) is 8.31. The number of ether oxygens (including phenoxy) is 1. The van der Waals surface area contributed by atoms with E-state index in [9.17, 15) is 22.8 Å². The molecule has 0 aliphatic rings. The molecule has 6 nitrogen and oxygen atoms in total. The second-order valence-corrected chi connectivity index (χ2v) is 10.8. The van der Waals surface area contributed by atoms with Gasteiger partial charge in [0.2, 0.25) is 0 Å². The van der Waals surface area contributed by atoms with Crippen LogP contribution in [0.4, 0.5) is 29.3 Å². The van der Waals surface area contributed by atoms with Crippen molar-refractivity contribution in [1.29, 1.82) is 0 Å². The Balaban J connectivity index is 1.54. The summed E-state index contributed by atoms with van der Waals surface area (Å²) in [6.45, 7) is 7.56. The molecule has 0 atom stereocenters. The first-order valence-corrected chi connectivity index (χ1v) is 13.4. The first-order chi connectivity index (χ1) is 19.8. The summed E-state index contributed by atoms with van der Waals surface area (Å²) >= 11 is 0. The van der Waals surface area contributed by atoms with Gasteiger partial charge in [0.05, 0.1) is 5.56 Å². The molecular weight excluding hydrogens is 543 g/mol. The molecule has 42 heavy (non-hydrogen) atoms. The molecule has 0 bridgehead atoms. The number of hydrogen-bond acceptors (Lipinski definition) is 4. The Labute approximate surface area is 243 Å². The van der Waals surface area contributed by atoms with Crippen molar-refractivity contribution in [3.63, 3.8) is 0 Å². The molecule has 218 valence electrons. The lowest BCUT2D eigenvalue weighted by atomic mass is 9.96. The molecule has 2 amide bonds. The number of aryl methyl sites for hydroxylation is 1. The molecular formula is C33H32F3N3O3. The van der Waals surface area contributed by atoms with Crippen LogP contribution >= 0.6 is 0 Å². The molecule has 0 saturated heterocycles. The minimum Gasteiger partial charge on any atom is -0.443 e. The van der Waals surface area contributed by atoms with Gasteiger partial charge in [-0.3, -0.25) is 14.7 Å². The first-order valence-electron chi connectivity index (χ1n) is 13.4. The highest BCUT2D eigenvalue weighted by Crippen LogP contribution is 2.32. The molecule has 0 aliphatic carbocycles. The molecule has 0 saturated carbocycles. The second kappa shape index (κ2) is 12.5. The van der Waals surface area contributed by atoms with Crippen molar-refractivity contribution in [2.45, 2.75) is 45.9 Å². The van der Waals surface area contributed by atoms with Gasteiger partial charge < -0.3 is 10.1 Å². The minimum absolute atomic E-state index is 0.315. The molecule has 0 unspecified atom stereocenters. The van der Waals surface area contributed by atoms with Crippen LogP contribution in [0.1, 0.15) is 48.0 Å². The van der Waals surface area contributed by atoms with Gasteiger partial charge in [0.15, 0.2) is 0 Å². The van der Waals surface area contributed by atoms with Crippen molar-refractivity contribution < 1.29 is 27.5 Å². The molecule has 4 aromatic rings. The van der Waals surface area contributed by atoms with Gasteiger partial charge >= 0.3 is 12.3 Å². The monoisotopic (exact) mass is 575 g/mol. The number of rotatable bonds is 7. The molecule has 1 N–H and O–H groups in total. The Morgan fingerprint density at radius 1 is 0.905 bits per heavy atom. The lowest BCUT2D eigenvalue weighted by Gasteiger charge is -2.27. The molecule has 0 spiro atoms. The van der Waals surface area contributed by atoms with E-state index in [2.05, 4.69) is 10.3 Å². The maximum Gasteiger partial charge on any atom is 0.416 e. The summed E-state index contributed by atoms with van der Waals surface area (Å²) in [6, 6.07) is 22.3. The number of halogens is 3. The molecule has 9 heteroatoms. The number of nitrogens with zero attached hydrogens (tertiary/aromatic N) is 2. The molecule has 0 aliphatic heterocycles. The van der Waals surface area contributed by atoms with E-state index in [1.807, 2.05) is 25.1 Å². The van der Waals surface area contributed by atoms with Crippen LogP contribution in [0, 0.1) is 6.92 Å². The van der Waals surface area contributed by atoms with Crippen LogP contribution in [0.3, 0.4) is 0 Å². The molecule has 1 heterocycles. The average molecular weight is 576 g/mol. The maximum absolute atomic E-state index is 13.3. The summed E-state index contributed by atoms with van der Waals surface area (Å²) in [5.74, 6) is -0.420. The van der Waals surface area contributed by atoms with Crippen LogP contribution in [0.15, 0.2) is 91.1 Å². The number of aromatic nitrogens is 1. The first kappa shape index (κ1) is 30.3. The largest absolute Gasteiger partial charge is 0.443 e. The molecule has 4 rings (SSSR count). The van der Waals surface area contributed by atoms with Gasteiger partial charge in [0.25, 0.3) is 5.91 Å². The standard InChI is InChI=1S/C33H32F3N3O3/c1-22-8-17-28(29(21-22)23-9-11-24(12-10-23)33(34,35)36)30(40)38-26-13-15-27(16-14-26)39(31(41)42-32(2,3)4)20-18-25-7-5-6-19-37-25/h5-17,19,21H,18,20H2,1-4H3,(H,38,40). The summed E-state index contributed by atoms with van der Waals surface area (Å²) in [6.07, 6.45) is -2.74. The third kappa shape index (κ3) is 7.96. The van der Waals surface area contributed by atoms with Gasteiger partial charge in [-0.25, -0.2) is 4.79 Å². The normalized spacial score (nSPS) is 11.6. The summed E-state index contributed by atoms with van der Waals surface area (Å²) in [5, 5.41) is 2.85. The summed E-state index contributed by atoms with van der Waals surface area (Å²) < 4.78 is 44.8. The average Bonchev–Trinajstić information content (AvgIpc) is 2.93. The molecule has 0 fully saturated rings. The van der Waals surface area contributed by atoms with Crippen LogP contribution in [-0.2, 0) is 17.3 Å². The van der Waals surface area contributed by atoms with Crippen molar-refractivity contribution in [1.82, 2.24) is 4.98 Å². The molecule has 3 aromatic carbocycles. The number of carbonyl (C=O) groups excluding carboxylic acids is 2. The highest BCUT2D eigenvalue weighted by molar-refractivity contribution is 6.09. The lowest BCUT2D eigenvalue weighted by Crippen LogP contribution is -2.38. The number of carbonyl (C=O) groups is 2. The van der Waals surface area contributed by atoms with Crippen LogP contribution in [0.2, 0.25) is 0 Å². The van der Waals surface area contributed by atoms with E-state index >= 15 is 0 Å². The number of benzene rings is 3. The van der Waals surface area contributed by atoms with Crippen molar-refractivity contribution in [2.75, 3.05) is 16.8 Å². The summed E-state index contributed by atoms with van der Waals surface area (Å²) in [7, 11) is 0. The zero-order valence-corrected chi connectivity index (χ0v) is 23.8. The van der Waals surface area contributed by atoms with Crippen LogP contribution < -0.4 is 10.2 Å². The van der Waals surface area contributed by atoms with E-state index in [1.54, 1.807) is 69.4 Å². The Morgan fingerprint density at radius 2 is 1.60 bits per heavy atom. The Morgan fingerprint density at radius 3 is 2.19 bits per heavy atom. The predicted molar refractivity (Wildman–Crippen MR) is 158 cm³/mol. The maximum atomic E-state index is 13.3. The van der Waals surface area contributed by atoms with Crippen molar-refractivity contribution >= 4 is 23.4 Å². The van der Waals surface area contributed by atoms with E-state index in [1.165, 1.54) is 17.0 Å². The van der Waals surface area contributed by atoms with E-state index in [4.69, 9.17) is 4.74 Å². The summed E-state index contributed by atoms with van der Waals surface area (Å²) in [4.78, 5) is 32.2. The van der Waals surface area contributed by atoms with Gasteiger partial charge in [-0.05, 0) is 93.4 Å². The van der Waals surface area contributed by atoms with Crippen LogP contribution in [0.25, 0.3) is 11.1 Å². The summed E-state index contributed by atoms with van der Waals surface area (Å²) in [5.41, 5.74) is 2.64. The topological polar surface area (TPSA) is 71.5 Å². The highest BCUT2D eigenvalue weighted by Gasteiger charge is 2.30. The van der Waals surface area contributed by atoms with Gasteiger partial charge in [-0.15, -0.1) is 0 Å². The fourth-order valence-corrected chi connectivity index (χ4v) is 4.27. The third-order valence-corrected chi connectivity index (χ3v) is 6.31. The van der Waals surface area contributed by atoms with Crippen LogP contribution in [0.5, 0.6) is 0 Å². The van der Waals surface area contributed by atoms with Crippen molar-refractivity contribution in [3.8, 4) is 11.1 Å². The van der Waals surface area contributed by atoms with Crippen molar-refractivity contribution in [2.24, 2.45) is 0 Å². The van der Waals surface area contributed by atoms with E-state index < -0.39 is 29.3 Å². The van der Waals surface area contributed by atoms with Gasteiger partial charge in [-0.2, -0.15) is 13.2 Å². The smallest absolute Gasteiger partial charge is 0.416 e. The fraction of sp³-hybridized carbons (Fsp3) is 0.242. The number of hydrogen-bond donors (Lipinski definition) is 1. The van der Waals surface area contributed by atoms with E-state index in [-0.39, 0.29) is 0 Å². The van der Waals surface area contributed by atoms with Crippen LogP contribution in [-0.4, -0.2) is 29.1 Å². The van der Waals surface area contributed by atoms with Gasteiger partial charge in [0, 0.05) is 41.8 Å².